The first-order valence-corrected chi connectivity index (χ1v) is 8.34. The van der Waals surface area contributed by atoms with Gasteiger partial charge in [0.05, 0.1) is 18.8 Å². The fraction of sp³-hybridized carbons (Fsp3) is 0.444. The molecule has 2 aromatic rings. The largest absolute Gasteiger partial charge is 0.493 e. The number of para-hydroxylation sites is 1. The minimum atomic E-state index is -0.417. The van der Waals surface area contributed by atoms with Crippen molar-refractivity contribution in [2.75, 3.05) is 13.7 Å². The van der Waals surface area contributed by atoms with Crippen LogP contribution in [0.3, 0.4) is 0 Å². The van der Waals surface area contributed by atoms with E-state index in [4.69, 9.17) is 4.74 Å². The van der Waals surface area contributed by atoms with Gasteiger partial charge in [-0.3, -0.25) is 9.48 Å². The van der Waals surface area contributed by atoms with Gasteiger partial charge in [0.15, 0.2) is 0 Å². The molecule has 6 nitrogen and oxygen atoms in total. The number of hydrogen-bond acceptors (Lipinski definition) is 4. The van der Waals surface area contributed by atoms with E-state index in [1.807, 2.05) is 25.4 Å². The second-order valence-electron chi connectivity index (χ2n) is 6.06. The number of hydrogen-bond donors (Lipinski definition) is 2. The Hall–Kier alpha value is -2.05. The Kier molecular flexibility index (Phi) is 6.45. The summed E-state index contributed by atoms with van der Waals surface area (Å²) in [5, 5.41) is 10.4. The van der Waals surface area contributed by atoms with E-state index >= 15 is 0 Å². The van der Waals surface area contributed by atoms with Crippen LogP contribution in [0.5, 0.6) is 5.75 Å². The summed E-state index contributed by atoms with van der Waals surface area (Å²) in [6.45, 7) is 2.73. The fourth-order valence-electron chi connectivity index (χ4n) is 3.21. The van der Waals surface area contributed by atoms with Gasteiger partial charge in [-0.05, 0) is 19.0 Å². The molecular formula is C18H25ClN4O2. The van der Waals surface area contributed by atoms with Gasteiger partial charge in [-0.25, -0.2) is 0 Å². The maximum atomic E-state index is 12.8. The number of benzene rings is 1. The molecule has 7 heteroatoms. The molecule has 0 saturated heterocycles. The number of amides is 1. The van der Waals surface area contributed by atoms with Crippen LogP contribution in [0.25, 0.3) is 0 Å². The van der Waals surface area contributed by atoms with Crippen molar-refractivity contribution >= 4 is 18.3 Å². The third kappa shape index (κ3) is 3.96. The van der Waals surface area contributed by atoms with Crippen molar-refractivity contribution in [2.24, 2.45) is 7.05 Å². The molecule has 0 fully saturated rings. The number of fused-ring (bicyclic) bond motifs is 1. The van der Waals surface area contributed by atoms with Crippen molar-refractivity contribution in [3.05, 3.63) is 47.3 Å². The Labute approximate surface area is 154 Å². The predicted octanol–water partition coefficient (Wildman–Crippen LogP) is 2.30. The molecule has 1 aromatic heterocycles. The number of nitrogens with zero attached hydrogens (tertiary/aromatic N) is 2. The molecule has 0 bridgehead atoms. The van der Waals surface area contributed by atoms with Crippen LogP contribution in [0, 0.1) is 0 Å². The number of aromatic nitrogens is 2. The van der Waals surface area contributed by atoms with Crippen LogP contribution >= 0.6 is 12.4 Å². The van der Waals surface area contributed by atoms with E-state index in [0.717, 1.165) is 29.7 Å². The Balaban J connectivity index is 0.00000225. The number of likely N-dealkylation sites (N-methyl/N-ethyl adjacent to an activating group) is 1. The summed E-state index contributed by atoms with van der Waals surface area (Å²) in [5.41, 5.74) is 3.10. The maximum absolute atomic E-state index is 12.8. The molecule has 0 aliphatic carbocycles. The zero-order valence-electron chi connectivity index (χ0n) is 14.8. The van der Waals surface area contributed by atoms with Gasteiger partial charge in [-0.2, -0.15) is 5.10 Å². The SMILES string of the molecule is CCc1cccc2c1OCCC2NC(=O)C(NC)c1cnn(C)c1.Cl. The van der Waals surface area contributed by atoms with E-state index in [0.29, 0.717) is 6.61 Å². The summed E-state index contributed by atoms with van der Waals surface area (Å²) in [4.78, 5) is 12.8. The number of nitrogens with one attached hydrogen (secondary N) is 2. The van der Waals surface area contributed by atoms with Gasteiger partial charge in [0, 0.05) is 30.8 Å². The number of aryl methyl sites for hydroxylation is 2. The van der Waals surface area contributed by atoms with Crippen molar-refractivity contribution in [1.82, 2.24) is 20.4 Å². The summed E-state index contributed by atoms with van der Waals surface area (Å²) in [6, 6.07) is 5.70. The number of carbonyl (C=O) groups excluding carboxylic acids is 1. The molecule has 3 rings (SSSR count). The molecule has 0 radical (unpaired) electrons. The van der Waals surface area contributed by atoms with Gasteiger partial charge in [0.2, 0.25) is 5.91 Å². The number of ether oxygens (including phenoxy) is 1. The predicted molar refractivity (Wildman–Crippen MR) is 99.1 cm³/mol. The summed E-state index contributed by atoms with van der Waals surface area (Å²) >= 11 is 0. The highest BCUT2D eigenvalue weighted by Crippen LogP contribution is 2.35. The Morgan fingerprint density at radius 3 is 2.92 bits per heavy atom. The van der Waals surface area contributed by atoms with Gasteiger partial charge in [0.1, 0.15) is 11.8 Å². The van der Waals surface area contributed by atoms with E-state index in [-0.39, 0.29) is 24.4 Å². The molecule has 1 aliphatic heterocycles. The van der Waals surface area contributed by atoms with E-state index in [9.17, 15) is 4.79 Å². The van der Waals surface area contributed by atoms with Gasteiger partial charge < -0.3 is 15.4 Å². The first-order chi connectivity index (χ1) is 11.6. The van der Waals surface area contributed by atoms with E-state index < -0.39 is 6.04 Å². The zero-order chi connectivity index (χ0) is 17.1. The van der Waals surface area contributed by atoms with Crippen LogP contribution in [0.4, 0.5) is 0 Å². The number of carbonyl (C=O) groups is 1. The van der Waals surface area contributed by atoms with Crippen LogP contribution in [0.2, 0.25) is 0 Å². The lowest BCUT2D eigenvalue weighted by atomic mass is 9.96. The molecule has 25 heavy (non-hydrogen) atoms. The molecule has 2 atom stereocenters. The Bertz CT molecular complexity index is 732. The lowest BCUT2D eigenvalue weighted by Crippen LogP contribution is -2.39. The summed E-state index contributed by atoms with van der Waals surface area (Å²) in [6.07, 6.45) is 5.26. The van der Waals surface area contributed by atoms with E-state index in [2.05, 4.69) is 28.7 Å². The smallest absolute Gasteiger partial charge is 0.242 e. The standard InChI is InChI=1S/C18H24N4O2.ClH/c1-4-12-6-5-7-14-15(8-9-24-17(12)14)21-18(23)16(19-2)13-10-20-22(3)11-13;/h5-7,10-11,15-16,19H,4,8-9H2,1-3H3,(H,21,23);1H. The second kappa shape index (κ2) is 8.36. The Morgan fingerprint density at radius 1 is 1.48 bits per heavy atom. The zero-order valence-corrected chi connectivity index (χ0v) is 15.6. The minimum Gasteiger partial charge on any atom is -0.493 e. The number of halogens is 1. The molecular weight excluding hydrogens is 340 g/mol. The topological polar surface area (TPSA) is 68.2 Å². The van der Waals surface area contributed by atoms with Crippen molar-refractivity contribution in [2.45, 2.75) is 31.8 Å². The highest BCUT2D eigenvalue weighted by atomic mass is 35.5. The molecule has 1 amide bonds. The first-order valence-electron chi connectivity index (χ1n) is 8.34. The molecule has 2 N–H and O–H groups in total. The second-order valence-corrected chi connectivity index (χ2v) is 6.06. The molecule has 1 aromatic carbocycles. The molecule has 0 saturated carbocycles. The van der Waals surface area contributed by atoms with Gasteiger partial charge in [-0.15, -0.1) is 12.4 Å². The van der Waals surface area contributed by atoms with Crippen molar-refractivity contribution in [3.63, 3.8) is 0 Å². The third-order valence-electron chi connectivity index (χ3n) is 4.46. The third-order valence-corrected chi connectivity index (χ3v) is 4.46. The van der Waals surface area contributed by atoms with Gasteiger partial charge in [0.25, 0.3) is 0 Å². The monoisotopic (exact) mass is 364 g/mol. The minimum absolute atomic E-state index is 0. The van der Waals surface area contributed by atoms with Crippen LogP contribution in [-0.4, -0.2) is 29.3 Å². The van der Waals surface area contributed by atoms with Gasteiger partial charge >= 0.3 is 0 Å². The highest BCUT2D eigenvalue weighted by Gasteiger charge is 2.28. The first kappa shape index (κ1) is 19.3. The maximum Gasteiger partial charge on any atom is 0.242 e. The summed E-state index contributed by atoms with van der Waals surface area (Å²) < 4.78 is 7.55. The van der Waals surface area contributed by atoms with Crippen LogP contribution in [-0.2, 0) is 18.3 Å². The Morgan fingerprint density at radius 2 is 2.28 bits per heavy atom. The lowest BCUT2D eigenvalue weighted by molar-refractivity contribution is -0.124. The fourth-order valence-corrected chi connectivity index (χ4v) is 3.21. The molecule has 2 heterocycles. The lowest BCUT2D eigenvalue weighted by Gasteiger charge is -2.29. The average Bonchev–Trinajstić information content (AvgIpc) is 3.01. The highest BCUT2D eigenvalue weighted by molar-refractivity contribution is 5.85. The van der Waals surface area contributed by atoms with Gasteiger partial charge in [-0.1, -0.05) is 25.1 Å². The summed E-state index contributed by atoms with van der Waals surface area (Å²) in [5.74, 6) is 0.879. The van der Waals surface area contributed by atoms with Crippen molar-refractivity contribution in [1.29, 1.82) is 0 Å². The molecule has 2 unspecified atom stereocenters. The van der Waals surface area contributed by atoms with Crippen LogP contribution in [0.15, 0.2) is 30.6 Å². The summed E-state index contributed by atoms with van der Waals surface area (Å²) in [7, 11) is 3.62. The molecule has 0 spiro atoms. The quantitative estimate of drug-likeness (QED) is 0.854. The normalized spacial score (nSPS) is 17.0. The van der Waals surface area contributed by atoms with Crippen LogP contribution < -0.4 is 15.4 Å². The number of rotatable bonds is 5. The van der Waals surface area contributed by atoms with Crippen LogP contribution in [0.1, 0.15) is 42.1 Å². The molecule has 136 valence electrons. The van der Waals surface area contributed by atoms with E-state index in [1.165, 1.54) is 5.56 Å². The van der Waals surface area contributed by atoms with Crippen molar-refractivity contribution < 1.29 is 9.53 Å². The molecule has 1 aliphatic rings. The average molecular weight is 365 g/mol. The van der Waals surface area contributed by atoms with E-state index in [1.54, 1.807) is 17.9 Å². The van der Waals surface area contributed by atoms with Crippen molar-refractivity contribution in [3.8, 4) is 5.75 Å².